The molecule has 7 rings (SSSR count). The van der Waals surface area contributed by atoms with Gasteiger partial charge in [-0.25, -0.2) is 36.0 Å². The Balaban J connectivity index is 0.00000129. The van der Waals surface area contributed by atoms with E-state index in [9.17, 15) is 81.7 Å². The van der Waals surface area contributed by atoms with Crippen LogP contribution in [0.1, 0.15) is 42.0 Å². The number of hydrogen-bond donors (Lipinski definition) is 22. The Hall–Kier alpha value is 2.23. The van der Waals surface area contributed by atoms with E-state index in [0.29, 0.717) is 0 Å². The van der Waals surface area contributed by atoms with Gasteiger partial charge in [-0.05, 0) is 0 Å². The quantitative estimate of drug-likeness (QED) is 0.0197. The van der Waals surface area contributed by atoms with Crippen LogP contribution in [0.4, 0.5) is 0 Å². The van der Waals surface area contributed by atoms with Gasteiger partial charge in [-0.1, -0.05) is 35.1 Å². The molecule has 7 fully saturated rings. The third kappa shape index (κ3) is 44.7. The Morgan fingerprint density at radius 2 is 0.554 bits per heavy atom. The molecule has 0 bridgehead atoms. The average Bonchev–Trinajstić information content (AvgIpc) is 1.47. The maximum atomic E-state index is 11.6. The van der Waals surface area contributed by atoms with Gasteiger partial charge in [0, 0.05) is 73.5 Å². The van der Waals surface area contributed by atoms with Crippen LogP contribution in [0.15, 0.2) is 0 Å². The molecule has 22 N–H and O–H groups in total. The van der Waals surface area contributed by atoms with Crippen LogP contribution in [0, 0.1) is 29.6 Å². The fraction of sp³-hybridized carbons (Fsp3) is 1.00. The molecule has 0 aromatic rings. The van der Waals surface area contributed by atoms with E-state index in [1.54, 1.807) is 34.6 Å². The molecular formula is C43H89B8ClO49P10Se. The van der Waals surface area contributed by atoms with E-state index in [1.165, 1.54) is 7.11 Å². The number of hydrogen-bond acceptors (Lipinski definition) is 35. The van der Waals surface area contributed by atoms with E-state index >= 15 is 0 Å². The van der Waals surface area contributed by atoms with Gasteiger partial charge in [0.1, 0.15) is 102 Å². The van der Waals surface area contributed by atoms with Crippen LogP contribution < -0.4 is 0 Å². The standard InChI is InChI=1S/C7H15BO8P2.C6H12B2O8P2.C6H13BO8P2Se.C6H12BO7P.2C6H12BO6P.C5H9BClO6P.CH4/c1-4-6(9)5(15-7(4)8)3-14-17(2,10)16-18(11,12)13;1-3-5(9)4(15-6(3)7)2-14-17(8,10)16-18(11,12)13;1-3-5(8)4(14-6(3)7)2-13-17(12,18)15-16(9,10)11;1-12-5-4(8)3(14-6(5)7)2-13-15(9,10)11;2*1-3-5(8)4(13-6(3)7)2-12-14(9,10)11;6-5-3(7)4(8)2(13-5)1-12-14(9,10)11;/h4-7,9H,3H2,1-2H3,(H2,11,12,13);3-6,9H,2H2,1H3,(H2,11,12,13);3-6,8H,2H2,1H3,(H,12,18)(H2,9,10,11);3-6,8H,2H2,1H3,(H2,9,10,11);2*3-6,8H,2H2,1H3,(H2,9,10,11);2-5,8H,1H2,(H2,9,10,11);1H4/t4?,5?,6-,7+,17?;2*3?,4?,5-,6+,17?;3?,4-,5-,6-;2*3?,4?,5-,6+;2?,3?,4-,5-;/m0001001./s1. The van der Waals surface area contributed by atoms with Gasteiger partial charge in [0.2, 0.25) is 7.57 Å². The molecule has 49 nitrogen and oxygen atoms in total. The first-order valence-corrected chi connectivity index (χ1v) is 49.5. The maximum absolute atomic E-state index is 11.6. The topological polar surface area (TPSA) is 765 Å². The number of aliphatic hydroxyl groups is 7. The SMILES string of the molecule is C.[B][C@@H]1OC(COP(=O)(O)O)[C@@H](O)C1C.[B][C@@H]1OC(COP(=O)(O)O)[C@@H](O)C1C.[B][C@@H]1OC(COP(=O)(O)O)[C@@H](O)C1Cl.[B][C@@H]1OC(COP(=O)(O)O)[C@@H](O)[C@H]1OC.[B][C@@H]1OC(COP(C)(=O)OP(=O)(O)O)[C@@H](O)C1C.[B][C@@H]1OC(COP(O)(=[Se])OP(=O)(O)O)[C@@H](O)C1C.[B][C@@H]1OC(COP([B])(=O)OP(=O)(O)O)[C@@H](O)C1C. The Bertz CT molecular complexity index is 3030. The summed E-state index contributed by atoms with van der Waals surface area (Å²) in [5.74, 6) is -1.55. The Morgan fingerprint density at radius 1 is 0.330 bits per heavy atom. The fourth-order valence-electron chi connectivity index (χ4n) is 9.24. The number of rotatable bonds is 28. The molecule has 7 heterocycles. The van der Waals surface area contributed by atoms with Crippen molar-refractivity contribution in [3.8, 4) is 0 Å². The number of phosphoric ester groups is 4. The Kier molecular flexibility index (Phi) is 49.6. The molecule has 0 aromatic carbocycles. The van der Waals surface area contributed by atoms with E-state index in [0.717, 1.165) is 6.66 Å². The molecule has 0 saturated carbocycles. The number of alkyl halides is 1. The van der Waals surface area contributed by atoms with Crippen molar-refractivity contribution < 1.29 is 233 Å². The molecule has 0 aliphatic carbocycles. The summed E-state index contributed by atoms with van der Waals surface area (Å²) in [7, 11) is 3.29. The normalized spacial score (nSPS) is 37.1. The smallest absolute Gasteiger partial charge is 0.390 e. The van der Waals surface area contributed by atoms with Crippen molar-refractivity contribution in [1.82, 2.24) is 0 Å². The minimum absolute atomic E-state index is 0. The molecule has 0 spiro atoms. The fourth-order valence-corrected chi connectivity index (χ4v) is 18.3. The summed E-state index contributed by atoms with van der Waals surface area (Å²) >= 11 is 7.64. The van der Waals surface area contributed by atoms with Crippen LogP contribution in [-0.4, -0.2) is 386 Å². The zero-order chi connectivity index (χ0) is 86.8. The summed E-state index contributed by atoms with van der Waals surface area (Å²) < 4.78 is 179. The first-order chi connectivity index (χ1) is 49.8. The largest absolute Gasteiger partial charge is 0.476 e. The molecule has 642 valence electrons. The predicted molar refractivity (Wildman–Crippen MR) is 387 cm³/mol. The van der Waals surface area contributed by atoms with Crippen molar-refractivity contribution in [1.29, 1.82) is 0 Å². The van der Waals surface area contributed by atoms with Crippen molar-refractivity contribution in [2.75, 3.05) is 60.0 Å². The molecule has 7 aliphatic heterocycles. The van der Waals surface area contributed by atoms with Crippen LogP contribution in [0.3, 0.4) is 0 Å². The minimum Gasteiger partial charge on any atom is -0.390 e. The minimum atomic E-state index is -5.03. The molecule has 69 heteroatoms. The maximum Gasteiger partial charge on any atom is 0.476 e. The van der Waals surface area contributed by atoms with Crippen LogP contribution in [0.2, 0.25) is 0 Å². The third-order valence-electron chi connectivity index (χ3n) is 15.5. The van der Waals surface area contributed by atoms with Gasteiger partial charge in [0.15, 0.2) is 0 Å². The van der Waals surface area contributed by atoms with Crippen molar-refractivity contribution in [3.63, 3.8) is 0 Å². The van der Waals surface area contributed by atoms with Crippen LogP contribution in [0.25, 0.3) is 0 Å². The first-order valence-electron chi connectivity index (χ1n) is 31.0. The van der Waals surface area contributed by atoms with E-state index in [1.807, 2.05) is 15.1 Å². The summed E-state index contributed by atoms with van der Waals surface area (Å²) in [4.78, 5) is 128. The monoisotopic (exact) mass is 1900 g/mol. The van der Waals surface area contributed by atoms with Gasteiger partial charge >= 0.3 is 167 Å². The van der Waals surface area contributed by atoms with E-state index < -0.39 is 235 Å². The van der Waals surface area contributed by atoms with Crippen molar-refractivity contribution >= 4 is 165 Å². The summed E-state index contributed by atoms with van der Waals surface area (Å²) in [5, 5.41) is 66.1. The number of phosphoric acid groups is 7. The van der Waals surface area contributed by atoms with Gasteiger partial charge in [-0.3, -0.25) is 27.2 Å². The number of halogens is 1. The predicted octanol–water partition coefficient (Wildman–Crippen LogP) is -6.12. The zero-order valence-corrected chi connectivity index (χ0v) is 70.3. The Labute approximate surface area is 665 Å². The molecule has 31 atom stereocenters. The summed E-state index contributed by atoms with van der Waals surface area (Å²) in [6.45, 7) is 6.53. The van der Waals surface area contributed by atoms with Crippen molar-refractivity contribution in [3.05, 3.63) is 0 Å². The Morgan fingerprint density at radius 3 is 0.768 bits per heavy atom. The second-order valence-corrected chi connectivity index (χ2v) is 42.0. The average molecular weight is 1900 g/mol. The first kappa shape index (κ1) is 114. The van der Waals surface area contributed by atoms with Gasteiger partial charge in [0.25, 0.3) is 7.47 Å². The molecule has 7 saturated heterocycles. The summed E-state index contributed by atoms with van der Waals surface area (Å²) in [6, 6.07) is -5.01. The van der Waals surface area contributed by atoms with Gasteiger partial charge in [0.05, 0.1) is 69.4 Å². The van der Waals surface area contributed by atoms with Crippen molar-refractivity contribution in [2.24, 2.45) is 29.6 Å². The van der Waals surface area contributed by atoms with E-state index in [2.05, 4.69) is 35.6 Å². The second-order valence-electron chi connectivity index (χ2n) is 24.4. The summed E-state index contributed by atoms with van der Waals surface area (Å²) in [6.07, 6.45) is -17.1. The van der Waals surface area contributed by atoms with Crippen LogP contribution >= 0.6 is 87.6 Å². The molecule has 112 heavy (non-hydrogen) atoms. The van der Waals surface area contributed by atoms with Gasteiger partial charge in [-0.2, -0.15) is 0 Å². The molecular weight excluding hydrogens is 1810 g/mol. The van der Waals surface area contributed by atoms with Crippen LogP contribution in [-0.2, 0) is 124 Å². The molecule has 7 aliphatic rings. The molecule has 0 aromatic heterocycles. The van der Waals surface area contributed by atoms with Gasteiger partial charge < -0.3 is 132 Å². The molecule has 0 amide bonds. The zero-order valence-electron chi connectivity index (χ0n) is 58.9. The van der Waals surface area contributed by atoms with Crippen LogP contribution in [0.5, 0.6) is 0 Å². The van der Waals surface area contributed by atoms with E-state index in [-0.39, 0.29) is 63.4 Å². The number of methoxy groups -OCH3 is 1. The van der Waals surface area contributed by atoms with E-state index in [4.69, 9.17) is 190 Å². The molecule has 16 unspecified atom stereocenters. The third-order valence-corrected chi connectivity index (χ3v) is 26.9. The molecule has 16 radical (unpaired) electrons. The number of ether oxygens (including phenoxy) is 8. The summed E-state index contributed by atoms with van der Waals surface area (Å²) in [5.41, 5.74) is 0. The number of aliphatic hydroxyl groups excluding tert-OH is 7. The van der Waals surface area contributed by atoms with Gasteiger partial charge in [-0.15, -0.1) is 11.6 Å². The van der Waals surface area contributed by atoms with Crippen molar-refractivity contribution in [2.45, 2.75) is 181 Å². The second kappa shape index (κ2) is 48.6.